The molecule has 0 aliphatic heterocycles. The number of aliphatic imine (C=N–C) groups is 2. The summed E-state index contributed by atoms with van der Waals surface area (Å²) in [5.74, 6) is 1.54. The molecule has 0 aromatic carbocycles. The van der Waals surface area contributed by atoms with Crippen LogP contribution in [0, 0.1) is 11.8 Å². The third-order valence-corrected chi connectivity index (χ3v) is 2.38. The van der Waals surface area contributed by atoms with E-state index in [2.05, 4.69) is 23.8 Å². The van der Waals surface area contributed by atoms with Crippen LogP contribution in [0.15, 0.2) is 9.98 Å². The molecule has 2 atom stereocenters. The Morgan fingerprint density at radius 1 is 1.18 bits per heavy atom. The Morgan fingerprint density at radius 3 is 2.27 bits per heavy atom. The summed E-state index contributed by atoms with van der Waals surface area (Å²) in [5.41, 5.74) is 0. The lowest BCUT2D eigenvalue weighted by Gasteiger charge is -2.37. The summed E-state index contributed by atoms with van der Waals surface area (Å²) in [7, 11) is 1.76. The lowest BCUT2D eigenvalue weighted by molar-refractivity contribution is 0.182. The van der Waals surface area contributed by atoms with Crippen molar-refractivity contribution in [1.82, 2.24) is 0 Å². The van der Waals surface area contributed by atoms with E-state index in [0.29, 0.717) is 6.04 Å². The molecular formula is C9H16N2. The second-order valence-electron chi connectivity index (χ2n) is 3.39. The predicted molar refractivity (Wildman–Crippen MR) is 49.6 cm³/mol. The molecule has 0 aromatic heterocycles. The van der Waals surface area contributed by atoms with E-state index in [1.54, 1.807) is 13.3 Å². The highest BCUT2D eigenvalue weighted by Crippen LogP contribution is 2.35. The molecule has 0 aromatic rings. The molecule has 2 nitrogen and oxygen atoms in total. The average Bonchev–Trinajstić information content (AvgIpc) is 1.98. The maximum absolute atomic E-state index is 4.41. The molecule has 62 valence electrons. The number of nitrogens with zero attached hydrogens (tertiary/aromatic N) is 2. The lowest BCUT2D eigenvalue weighted by Crippen LogP contribution is -2.36. The Kier molecular flexibility index (Phi) is 2.80. The topological polar surface area (TPSA) is 24.7 Å². The second-order valence-corrected chi connectivity index (χ2v) is 3.39. The van der Waals surface area contributed by atoms with E-state index >= 15 is 0 Å². The van der Waals surface area contributed by atoms with E-state index < -0.39 is 0 Å². The highest BCUT2D eigenvalue weighted by molar-refractivity contribution is 6.16. The smallest absolute Gasteiger partial charge is 0.0551 e. The van der Waals surface area contributed by atoms with Crippen LogP contribution in [0.4, 0.5) is 0 Å². The van der Waals surface area contributed by atoms with Gasteiger partial charge < -0.3 is 0 Å². The van der Waals surface area contributed by atoms with Crippen LogP contribution in [0.2, 0.25) is 0 Å². The van der Waals surface area contributed by atoms with Crippen LogP contribution < -0.4 is 0 Å². The van der Waals surface area contributed by atoms with Crippen molar-refractivity contribution in [3.05, 3.63) is 0 Å². The van der Waals surface area contributed by atoms with E-state index in [0.717, 1.165) is 11.8 Å². The Balaban J connectivity index is 2.36. The SMILES string of the molecule is C/N=C\C=N/C1C(C)CC1C. The second kappa shape index (κ2) is 3.65. The summed E-state index contributed by atoms with van der Waals surface area (Å²) in [6.07, 6.45) is 4.89. The van der Waals surface area contributed by atoms with Gasteiger partial charge in [-0.3, -0.25) is 9.98 Å². The Hall–Kier alpha value is -0.660. The van der Waals surface area contributed by atoms with Crippen molar-refractivity contribution in [2.75, 3.05) is 7.05 Å². The van der Waals surface area contributed by atoms with Gasteiger partial charge in [0.25, 0.3) is 0 Å². The Bertz CT molecular complexity index is 164. The zero-order valence-electron chi connectivity index (χ0n) is 7.49. The van der Waals surface area contributed by atoms with Crippen LogP contribution in [-0.2, 0) is 0 Å². The van der Waals surface area contributed by atoms with E-state index in [1.165, 1.54) is 6.42 Å². The first-order valence-corrected chi connectivity index (χ1v) is 4.19. The predicted octanol–water partition coefficient (Wildman–Crippen LogP) is 1.80. The third-order valence-electron chi connectivity index (χ3n) is 2.38. The molecule has 0 bridgehead atoms. The van der Waals surface area contributed by atoms with Crippen LogP contribution in [0.3, 0.4) is 0 Å². The monoisotopic (exact) mass is 152 g/mol. The molecule has 1 aliphatic rings. The van der Waals surface area contributed by atoms with Crippen molar-refractivity contribution in [1.29, 1.82) is 0 Å². The van der Waals surface area contributed by atoms with Crippen LogP contribution in [0.5, 0.6) is 0 Å². The maximum Gasteiger partial charge on any atom is 0.0551 e. The van der Waals surface area contributed by atoms with Crippen molar-refractivity contribution in [2.45, 2.75) is 26.3 Å². The van der Waals surface area contributed by atoms with Gasteiger partial charge in [-0.05, 0) is 18.3 Å². The minimum atomic E-state index is 0.549. The molecule has 1 rings (SSSR count). The van der Waals surface area contributed by atoms with Gasteiger partial charge in [-0.25, -0.2) is 0 Å². The quantitative estimate of drug-likeness (QED) is 0.539. The lowest BCUT2D eigenvalue weighted by atomic mass is 9.72. The first kappa shape index (κ1) is 8.44. The summed E-state index contributed by atoms with van der Waals surface area (Å²) in [4.78, 5) is 8.25. The molecule has 0 heterocycles. The Labute approximate surface area is 68.4 Å². The summed E-state index contributed by atoms with van der Waals surface area (Å²) in [6, 6.07) is 0.549. The van der Waals surface area contributed by atoms with Gasteiger partial charge in [-0.2, -0.15) is 0 Å². The molecule has 0 amide bonds. The van der Waals surface area contributed by atoms with Crippen molar-refractivity contribution in [2.24, 2.45) is 21.8 Å². The highest BCUT2D eigenvalue weighted by Gasteiger charge is 2.33. The maximum atomic E-state index is 4.41. The minimum Gasteiger partial charge on any atom is -0.295 e. The van der Waals surface area contributed by atoms with E-state index in [4.69, 9.17) is 0 Å². The average molecular weight is 152 g/mol. The Morgan fingerprint density at radius 2 is 1.82 bits per heavy atom. The van der Waals surface area contributed by atoms with E-state index in [-0.39, 0.29) is 0 Å². The number of hydrogen-bond donors (Lipinski definition) is 0. The normalized spacial score (nSPS) is 38.3. The largest absolute Gasteiger partial charge is 0.295 e. The molecule has 1 saturated carbocycles. The van der Waals surface area contributed by atoms with E-state index in [9.17, 15) is 0 Å². The van der Waals surface area contributed by atoms with Gasteiger partial charge in [0.1, 0.15) is 0 Å². The van der Waals surface area contributed by atoms with Gasteiger partial charge in [0.15, 0.2) is 0 Å². The first-order chi connectivity index (χ1) is 5.25. The molecule has 0 saturated heterocycles. The fourth-order valence-corrected chi connectivity index (χ4v) is 1.73. The summed E-state index contributed by atoms with van der Waals surface area (Å²) < 4.78 is 0. The van der Waals surface area contributed by atoms with Crippen molar-refractivity contribution in [3.63, 3.8) is 0 Å². The summed E-state index contributed by atoms with van der Waals surface area (Å²) in [6.45, 7) is 4.51. The number of hydrogen-bond acceptors (Lipinski definition) is 2. The van der Waals surface area contributed by atoms with E-state index in [1.807, 2.05) is 6.21 Å². The van der Waals surface area contributed by atoms with Gasteiger partial charge in [0, 0.05) is 19.5 Å². The molecular weight excluding hydrogens is 136 g/mol. The molecule has 0 N–H and O–H groups in total. The molecule has 0 radical (unpaired) electrons. The van der Waals surface area contributed by atoms with Gasteiger partial charge in [0.05, 0.1) is 6.04 Å². The van der Waals surface area contributed by atoms with Crippen molar-refractivity contribution in [3.8, 4) is 0 Å². The fourth-order valence-electron chi connectivity index (χ4n) is 1.73. The van der Waals surface area contributed by atoms with Crippen molar-refractivity contribution < 1.29 is 0 Å². The van der Waals surface area contributed by atoms with Crippen LogP contribution in [-0.4, -0.2) is 25.5 Å². The van der Waals surface area contributed by atoms with Gasteiger partial charge in [-0.15, -0.1) is 0 Å². The zero-order chi connectivity index (χ0) is 8.27. The molecule has 2 heteroatoms. The molecule has 11 heavy (non-hydrogen) atoms. The molecule has 0 spiro atoms. The van der Waals surface area contributed by atoms with Gasteiger partial charge in [-0.1, -0.05) is 13.8 Å². The van der Waals surface area contributed by atoms with Crippen LogP contribution in [0.25, 0.3) is 0 Å². The van der Waals surface area contributed by atoms with Crippen LogP contribution >= 0.6 is 0 Å². The summed E-state index contributed by atoms with van der Waals surface area (Å²) in [5, 5.41) is 0. The minimum absolute atomic E-state index is 0.549. The highest BCUT2D eigenvalue weighted by atomic mass is 14.8. The standard InChI is InChI=1S/C9H16N2/c1-7-6-8(2)9(7)11-5-4-10-3/h4-5,7-9H,6H2,1-3H3/b10-4-,11-5-. The van der Waals surface area contributed by atoms with Crippen LogP contribution in [0.1, 0.15) is 20.3 Å². The summed E-state index contributed by atoms with van der Waals surface area (Å²) >= 11 is 0. The van der Waals surface area contributed by atoms with Gasteiger partial charge in [0.2, 0.25) is 0 Å². The van der Waals surface area contributed by atoms with Crippen molar-refractivity contribution >= 4 is 12.4 Å². The molecule has 2 unspecified atom stereocenters. The molecule has 1 aliphatic carbocycles. The third kappa shape index (κ3) is 1.88. The molecule has 1 fully saturated rings. The zero-order valence-corrected chi connectivity index (χ0v) is 7.49. The van der Waals surface area contributed by atoms with Gasteiger partial charge >= 0.3 is 0 Å². The fraction of sp³-hybridized carbons (Fsp3) is 0.778. The number of rotatable bonds is 2. The first-order valence-electron chi connectivity index (χ1n) is 4.19.